The van der Waals surface area contributed by atoms with Gasteiger partial charge in [0.05, 0.1) is 0 Å². The van der Waals surface area contributed by atoms with Gasteiger partial charge in [0.2, 0.25) is 5.91 Å². The fourth-order valence-electron chi connectivity index (χ4n) is 3.95. The van der Waals surface area contributed by atoms with Gasteiger partial charge in [-0.3, -0.25) is 4.79 Å². The van der Waals surface area contributed by atoms with Crippen LogP contribution in [0, 0.1) is 6.92 Å². The van der Waals surface area contributed by atoms with Gasteiger partial charge in [0.15, 0.2) is 0 Å². The van der Waals surface area contributed by atoms with Gasteiger partial charge in [-0.2, -0.15) is 0 Å². The van der Waals surface area contributed by atoms with Crippen molar-refractivity contribution in [3.05, 3.63) is 35.4 Å². The molecular weight excluding hydrogens is 345 g/mol. The lowest BCUT2D eigenvalue weighted by Crippen LogP contribution is -2.56. The first-order valence-corrected chi connectivity index (χ1v) is 8.39. The minimum Gasteiger partial charge on any atom is -0.352 e. The van der Waals surface area contributed by atoms with Crippen LogP contribution in [0.15, 0.2) is 24.3 Å². The van der Waals surface area contributed by atoms with Gasteiger partial charge in [-0.15, -0.1) is 24.8 Å². The molecule has 0 aliphatic carbocycles. The molecule has 1 aromatic carbocycles. The SMILES string of the molecule is Cc1ccc(C(N)C(=O)NC2CC3CCCC(C2)N3C)cc1.Cl.Cl. The molecule has 6 heteroatoms. The minimum absolute atomic E-state index is 0. The topological polar surface area (TPSA) is 58.4 Å². The molecule has 1 aromatic rings. The maximum atomic E-state index is 12.4. The molecule has 0 saturated carbocycles. The van der Waals surface area contributed by atoms with E-state index in [0.717, 1.165) is 18.4 Å². The van der Waals surface area contributed by atoms with E-state index in [1.54, 1.807) is 0 Å². The van der Waals surface area contributed by atoms with Crippen molar-refractivity contribution in [1.82, 2.24) is 10.2 Å². The second kappa shape index (κ2) is 9.04. The van der Waals surface area contributed by atoms with E-state index < -0.39 is 6.04 Å². The number of piperidine rings is 2. The molecule has 2 aliphatic heterocycles. The van der Waals surface area contributed by atoms with Crippen molar-refractivity contribution in [3.8, 4) is 0 Å². The van der Waals surface area contributed by atoms with Crippen LogP contribution >= 0.6 is 24.8 Å². The van der Waals surface area contributed by atoms with Gasteiger partial charge in [-0.05, 0) is 45.2 Å². The van der Waals surface area contributed by atoms with Crippen molar-refractivity contribution >= 4 is 30.7 Å². The zero-order chi connectivity index (χ0) is 15.7. The highest BCUT2D eigenvalue weighted by Crippen LogP contribution is 2.32. The summed E-state index contributed by atoms with van der Waals surface area (Å²) < 4.78 is 0. The van der Waals surface area contributed by atoms with Crippen molar-refractivity contribution in [2.75, 3.05) is 7.05 Å². The van der Waals surface area contributed by atoms with E-state index in [1.807, 2.05) is 31.2 Å². The minimum atomic E-state index is -0.569. The molecule has 1 amide bonds. The summed E-state index contributed by atoms with van der Waals surface area (Å²) in [4.78, 5) is 15.0. The average Bonchev–Trinajstić information content (AvgIpc) is 2.48. The molecule has 2 bridgehead atoms. The van der Waals surface area contributed by atoms with Gasteiger partial charge in [0.25, 0.3) is 0 Å². The quantitative estimate of drug-likeness (QED) is 0.855. The molecule has 2 saturated heterocycles. The lowest BCUT2D eigenvalue weighted by atomic mass is 9.82. The molecule has 0 spiro atoms. The van der Waals surface area contributed by atoms with E-state index in [4.69, 9.17) is 5.73 Å². The number of nitrogens with zero attached hydrogens (tertiary/aromatic N) is 1. The molecule has 2 fully saturated rings. The number of fused-ring (bicyclic) bond motifs is 2. The third-order valence-corrected chi connectivity index (χ3v) is 5.41. The van der Waals surface area contributed by atoms with Crippen molar-refractivity contribution in [2.45, 2.75) is 63.2 Å². The van der Waals surface area contributed by atoms with Crippen LogP contribution in [0.4, 0.5) is 0 Å². The standard InChI is InChI=1S/C18H27N3O.2ClH/c1-12-6-8-13(9-7-12)17(19)18(22)20-14-10-15-4-3-5-16(11-14)21(15)2;;/h6-9,14-17H,3-5,10-11,19H2,1-2H3,(H,20,22);2*1H. The molecule has 0 aromatic heterocycles. The van der Waals surface area contributed by atoms with Gasteiger partial charge in [0, 0.05) is 18.1 Å². The Hall–Kier alpha value is -0.810. The summed E-state index contributed by atoms with van der Waals surface area (Å²) in [6.07, 6.45) is 5.94. The third-order valence-electron chi connectivity index (χ3n) is 5.41. The molecule has 0 radical (unpaired) electrons. The van der Waals surface area contributed by atoms with Gasteiger partial charge in [0.1, 0.15) is 6.04 Å². The molecule has 3 N–H and O–H groups in total. The van der Waals surface area contributed by atoms with E-state index in [-0.39, 0.29) is 36.8 Å². The van der Waals surface area contributed by atoms with Crippen LogP contribution < -0.4 is 11.1 Å². The van der Waals surface area contributed by atoms with Crippen LogP contribution in [0.2, 0.25) is 0 Å². The monoisotopic (exact) mass is 373 g/mol. The summed E-state index contributed by atoms with van der Waals surface area (Å²) in [5.74, 6) is -0.0449. The summed E-state index contributed by atoms with van der Waals surface area (Å²) in [6.45, 7) is 2.03. The molecule has 24 heavy (non-hydrogen) atoms. The largest absolute Gasteiger partial charge is 0.352 e. The van der Waals surface area contributed by atoms with E-state index >= 15 is 0 Å². The number of hydrogen-bond acceptors (Lipinski definition) is 3. The lowest BCUT2D eigenvalue weighted by molar-refractivity contribution is -0.124. The Kier molecular flexibility index (Phi) is 8.00. The van der Waals surface area contributed by atoms with Crippen LogP contribution in [-0.2, 0) is 4.79 Å². The fourth-order valence-corrected chi connectivity index (χ4v) is 3.95. The number of hydrogen-bond donors (Lipinski definition) is 2. The number of nitrogens with two attached hydrogens (primary N) is 1. The number of carbonyl (C=O) groups excluding carboxylic acids is 1. The Morgan fingerprint density at radius 3 is 2.25 bits per heavy atom. The van der Waals surface area contributed by atoms with E-state index in [2.05, 4.69) is 17.3 Å². The lowest BCUT2D eigenvalue weighted by Gasteiger charge is -2.47. The number of nitrogens with one attached hydrogen (secondary N) is 1. The van der Waals surface area contributed by atoms with E-state index in [1.165, 1.54) is 24.8 Å². The van der Waals surface area contributed by atoms with Crippen LogP contribution in [0.3, 0.4) is 0 Å². The molecular formula is C18H29Cl2N3O. The van der Waals surface area contributed by atoms with Gasteiger partial charge < -0.3 is 16.0 Å². The zero-order valence-corrected chi connectivity index (χ0v) is 16.0. The van der Waals surface area contributed by atoms with Crippen LogP contribution in [0.25, 0.3) is 0 Å². The van der Waals surface area contributed by atoms with E-state index in [0.29, 0.717) is 12.1 Å². The van der Waals surface area contributed by atoms with Crippen molar-refractivity contribution in [2.24, 2.45) is 5.73 Å². The highest BCUT2D eigenvalue weighted by atomic mass is 35.5. The number of carbonyl (C=O) groups is 1. The Balaban J connectivity index is 0.00000144. The first kappa shape index (κ1) is 21.2. The zero-order valence-electron chi connectivity index (χ0n) is 14.4. The van der Waals surface area contributed by atoms with Crippen molar-refractivity contribution < 1.29 is 4.79 Å². The number of halogens is 2. The summed E-state index contributed by atoms with van der Waals surface area (Å²) >= 11 is 0. The van der Waals surface area contributed by atoms with Crippen LogP contribution in [-0.4, -0.2) is 36.0 Å². The number of rotatable bonds is 3. The smallest absolute Gasteiger partial charge is 0.241 e. The molecule has 3 unspecified atom stereocenters. The Labute approximate surface area is 157 Å². The predicted molar refractivity (Wildman–Crippen MR) is 103 cm³/mol. The predicted octanol–water partition coefficient (Wildman–Crippen LogP) is 2.97. The maximum absolute atomic E-state index is 12.4. The summed E-state index contributed by atoms with van der Waals surface area (Å²) in [7, 11) is 2.23. The average molecular weight is 374 g/mol. The third kappa shape index (κ3) is 4.63. The van der Waals surface area contributed by atoms with Crippen molar-refractivity contribution in [3.63, 3.8) is 0 Å². The molecule has 4 nitrogen and oxygen atoms in total. The van der Waals surface area contributed by atoms with Gasteiger partial charge >= 0.3 is 0 Å². The first-order valence-electron chi connectivity index (χ1n) is 8.39. The highest BCUT2D eigenvalue weighted by molar-refractivity contribution is 5.85. The number of amides is 1. The summed E-state index contributed by atoms with van der Waals surface area (Å²) in [5, 5.41) is 3.19. The van der Waals surface area contributed by atoms with Gasteiger partial charge in [-0.1, -0.05) is 36.2 Å². The first-order chi connectivity index (χ1) is 10.5. The van der Waals surface area contributed by atoms with Gasteiger partial charge in [-0.25, -0.2) is 0 Å². The molecule has 136 valence electrons. The summed E-state index contributed by atoms with van der Waals surface area (Å²) in [5.41, 5.74) is 8.19. The van der Waals surface area contributed by atoms with Crippen molar-refractivity contribution in [1.29, 1.82) is 0 Å². The molecule has 3 rings (SSSR count). The maximum Gasteiger partial charge on any atom is 0.241 e. The Morgan fingerprint density at radius 1 is 1.17 bits per heavy atom. The summed E-state index contributed by atoms with van der Waals surface area (Å²) in [6, 6.07) is 8.84. The second-order valence-corrected chi connectivity index (χ2v) is 6.97. The van der Waals surface area contributed by atoms with E-state index in [9.17, 15) is 4.79 Å². The van der Waals surface area contributed by atoms with Crippen LogP contribution in [0.1, 0.15) is 49.3 Å². The van der Waals surface area contributed by atoms with Crippen LogP contribution in [0.5, 0.6) is 0 Å². The normalized spacial score (nSPS) is 27.4. The molecule has 2 heterocycles. The molecule has 2 aliphatic rings. The Morgan fingerprint density at radius 2 is 1.71 bits per heavy atom. The highest BCUT2D eigenvalue weighted by Gasteiger charge is 2.36. The number of aryl methyl sites for hydroxylation is 1. The second-order valence-electron chi connectivity index (χ2n) is 6.97. The fraction of sp³-hybridized carbons (Fsp3) is 0.611. The molecule has 3 atom stereocenters. The number of benzene rings is 1. The Bertz CT molecular complexity index is 524.